The third kappa shape index (κ3) is 4.90. The lowest BCUT2D eigenvalue weighted by Gasteiger charge is -2.11. The summed E-state index contributed by atoms with van der Waals surface area (Å²) in [6, 6.07) is 5.12. The lowest BCUT2D eigenvalue weighted by atomic mass is 10.2. The Hall–Kier alpha value is -1.56. The molecule has 0 aromatic heterocycles. The molecular weight excluding hydrogens is 314 g/mol. The minimum Gasteiger partial charge on any atom is -0.465 e. The van der Waals surface area contributed by atoms with E-state index < -0.39 is 5.97 Å². The Bertz CT molecular complexity index is 462. The van der Waals surface area contributed by atoms with Crippen molar-refractivity contribution in [1.82, 2.24) is 0 Å². The Balaban J connectivity index is 2.82. The van der Waals surface area contributed by atoms with Crippen molar-refractivity contribution in [1.29, 1.82) is 0 Å². The summed E-state index contributed by atoms with van der Waals surface area (Å²) in [4.78, 5) is 23.1. The van der Waals surface area contributed by atoms with E-state index >= 15 is 0 Å². The van der Waals surface area contributed by atoms with Gasteiger partial charge in [0, 0.05) is 10.2 Å². The van der Waals surface area contributed by atoms with E-state index in [1.165, 1.54) is 0 Å². The van der Waals surface area contributed by atoms with Crippen LogP contribution in [0.1, 0.15) is 24.2 Å². The van der Waals surface area contributed by atoms with Crippen molar-refractivity contribution in [3.05, 3.63) is 28.2 Å². The number of hydrogen-bond acceptors (Lipinski definition) is 5. The molecule has 104 valence electrons. The molecule has 0 unspecified atom stereocenters. The third-order valence-electron chi connectivity index (χ3n) is 2.21. The van der Waals surface area contributed by atoms with Gasteiger partial charge in [-0.3, -0.25) is 4.79 Å². The SMILES string of the molecule is CCOC(=O)CNc1ccc(Br)cc1C(=O)OCC. The molecule has 1 aromatic carbocycles. The lowest BCUT2D eigenvalue weighted by Crippen LogP contribution is -2.18. The molecule has 1 rings (SSSR count). The Labute approximate surface area is 120 Å². The average molecular weight is 330 g/mol. The molecule has 1 aromatic rings. The van der Waals surface area contributed by atoms with Crippen molar-refractivity contribution in [2.24, 2.45) is 0 Å². The molecule has 5 nitrogen and oxygen atoms in total. The third-order valence-corrected chi connectivity index (χ3v) is 2.70. The summed E-state index contributed by atoms with van der Waals surface area (Å²) in [5.74, 6) is -0.810. The van der Waals surface area contributed by atoms with E-state index in [0.717, 1.165) is 4.47 Å². The first-order valence-corrected chi connectivity index (χ1v) is 6.74. The number of rotatable bonds is 6. The fourth-order valence-corrected chi connectivity index (χ4v) is 1.79. The van der Waals surface area contributed by atoms with Gasteiger partial charge in [-0.2, -0.15) is 0 Å². The van der Waals surface area contributed by atoms with Crippen LogP contribution in [0.5, 0.6) is 0 Å². The second-order valence-electron chi connectivity index (χ2n) is 3.57. The fraction of sp³-hybridized carbons (Fsp3) is 0.385. The molecule has 6 heteroatoms. The molecule has 0 amide bonds. The summed E-state index contributed by atoms with van der Waals surface area (Å²) in [5, 5.41) is 2.87. The molecule has 0 saturated heterocycles. The topological polar surface area (TPSA) is 64.6 Å². The van der Waals surface area contributed by atoms with Gasteiger partial charge in [-0.25, -0.2) is 4.79 Å². The second-order valence-corrected chi connectivity index (χ2v) is 4.48. The maximum absolute atomic E-state index is 11.8. The van der Waals surface area contributed by atoms with Crippen LogP contribution < -0.4 is 5.32 Å². The molecule has 0 aliphatic rings. The maximum Gasteiger partial charge on any atom is 0.340 e. The van der Waals surface area contributed by atoms with Gasteiger partial charge in [-0.1, -0.05) is 15.9 Å². The smallest absolute Gasteiger partial charge is 0.340 e. The zero-order valence-electron chi connectivity index (χ0n) is 10.9. The van der Waals surface area contributed by atoms with Crippen LogP contribution in [0.25, 0.3) is 0 Å². The van der Waals surface area contributed by atoms with Crippen molar-refractivity contribution in [2.75, 3.05) is 25.1 Å². The number of benzene rings is 1. The molecular formula is C13H16BrNO4. The minimum absolute atomic E-state index is 0.00186. The van der Waals surface area contributed by atoms with E-state index in [2.05, 4.69) is 21.2 Å². The summed E-state index contributed by atoms with van der Waals surface area (Å²) in [7, 11) is 0. The van der Waals surface area contributed by atoms with E-state index in [1.807, 2.05) is 0 Å². The van der Waals surface area contributed by atoms with Gasteiger partial charge < -0.3 is 14.8 Å². The summed E-state index contributed by atoms with van der Waals surface area (Å²) < 4.78 is 10.5. The highest BCUT2D eigenvalue weighted by Crippen LogP contribution is 2.22. The van der Waals surface area contributed by atoms with Gasteiger partial charge in [0.05, 0.1) is 18.8 Å². The Kier molecular flexibility index (Phi) is 6.35. The molecule has 0 spiro atoms. The molecule has 0 heterocycles. The molecule has 0 radical (unpaired) electrons. The summed E-state index contributed by atoms with van der Waals surface area (Å²) in [6.45, 7) is 4.10. The molecule has 0 aliphatic carbocycles. The van der Waals surface area contributed by atoms with Crippen LogP contribution in [-0.2, 0) is 14.3 Å². The predicted molar refractivity (Wildman–Crippen MR) is 75.2 cm³/mol. The van der Waals surface area contributed by atoms with E-state index in [0.29, 0.717) is 24.5 Å². The number of ether oxygens (including phenoxy) is 2. The van der Waals surface area contributed by atoms with Gasteiger partial charge >= 0.3 is 11.9 Å². The van der Waals surface area contributed by atoms with Crippen LogP contribution in [0.15, 0.2) is 22.7 Å². The van der Waals surface area contributed by atoms with Crippen molar-refractivity contribution in [2.45, 2.75) is 13.8 Å². The average Bonchev–Trinajstić information content (AvgIpc) is 2.38. The molecule has 19 heavy (non-hydrogen) atoms. The second kappa shape index (κ2) is 7.78. The van der Waals surface area contributed by atoms with Crippen LogP contribution in [0.4, 0.5) is 5.69 Å². The summed E-state index contributed by atoms with van der Waals surface area (Å²) in [5.41, 5.74) is 0.912. The number of halogens is 1. The van der Waals surface area contributed by atoms with Gasteiger partial charge in [0.15, 0.2) is 0 Å². The summed E-state index contributed by atoms with van der Waals surface area (Å²) in [6.07, 6.45) is 0. The number of esters is 2. The zero-order valence-corrected chi connectivity index (χ0v) is 12.5. The number of hydrogen-bond donors (Lipinski definition) is 1. The van der Waals surface area contributed by atoms with Gasteiger partial charge in [-0.05, 0) is 32.0 Å². The first-order chi connectivity index (χ1) is 9.08. The van der Waals surface area contributed by atoms with Gasteiger partial charge in [0.2, 0.25) is 0 Å². The predicted octanol–water partition coefficient (Wildman–Crippen LogP) is 2.60. The van der Waals surface area contributed by atoms with Crippen LogP contribution >= 0.6 is 15.9 Å². The number of carbonyl (C=O) groups is 2. The highest BCUT2D eigenvalue weighted by atomic mass is 79.9. The highest BCUT2D eigenvalue weighted by molar-refractivity contribution is 9.10. The van der Waals surface area contributed by atoms with Crippen molar-refractivity contribution in [3.8, 4) is 0 Å². The fourth-order valence-electron chi connectivity index (χ4n) is 1.43. The van der Waals surface area contributed by atoms with Crippen LogP contribution in [0.3, 0.4) is 0 Å². The van der Waals surface area contributed by atoms with E-state index in [9.17, 15) is 9.59 Å². The molecule has 0 atom stereocenters. The number of carbonyl (C=O) groups excluding carboxylic acids is 2. The van der Waals surface area contributed by atoms with Crippen molar-refractivity contribution in [3.63, 3.8) is 0 Å². The molecule has 0 bridgehead atoms. The van der Waals surface area contributed by atoms with E-state index in [1.54, 1.807) is 32.0 Å². The number of nitrogens with one attached hydrogen (secondary N) is 1. The van der Waals surface area contributed by atoms with Gasteiger partial charge in [0.25, 0.3) is 0 Å². The van der Waals surface area contributed by atoms with Crippen LogP contribution in [0, 0.1) is 0 Å². The van der Waals surface area contributed by atoms with Crippen LogP contribution in [-0.4, -0.2) is 31.7 Å². The molecule has 0 fully saturated rings. The highest BCUT2D eigenvalue weighted by Gasteiger charge is 2.14. The molecule has 0 aliphatic heterocycles. The zero-order chi connectivity index (χ0) is 14.3. The molecule has 0 saturated carbocycles. The van der Waals surface area contributed by atoms with Crippen LogP contribution in [0.2, 0.25) is 0 Å². The van der Waals surface area contributed by atoms with Gasteiger partial charge in [-0.15, -0.1) is 0 Å². The van der Waals surface area contributed by atoms with Gasteiger partial charge in [0.1, 0.15) is 6.54 Å². The Morgan fingerprint density at radius 3 is 2.53 bits per heavy atom. The van der Waals surface area contributed by atoms with Crippen molar-refractivity contribution < 1.29 is 19.1 Å². The standard InChI is InChI=1S/C13H16BrNO4/c1-3-18-12(16)8-15-11-6-5-9(14)7-10(11)13(17)19-4-2/h5-7,15H,3-4,8H2,1-2H3. The van der Waals surface area contributed by atoms with E-state index in [-0.39, 0.29) is 12.5 Å². The van der Waals surface area contributed by atoms with E-state index in [4.69, 9.17) is 9.47 Å². The quantitative estimate of drug-likeness (QED) is 0.812. The first kappa shape index (κ1) is 15.5. The summed E-state index contributed by atoms with van der Waals surface area (Å²) >= 11 is 3.29. The monoisotopic (exact) mass is 329 g/mol. The minimum atomic E-state index is -0.435. The maximum atomic E-state index is 11.8. The number of anilines is 1. The largest absolute Gasteiger partial charge is 0.465 e. The Morgan fingerprint density at radius 1 is 1.21 bits per heavy atom. The van der Waals surface area contributed by atoms with Crippen molar-refractivity contribution >= 4 is 33.6 Å². The lowest BCUT2D eigenvalue weighted by molar-refractivity contribution is -0.140. The first-order valence-electron chi connectivity index (χ1n) is 5.94. The molecule has 1 N–H and O–H groups in total. The normalized spacial score (nSPS) is 9.84. The Morgan fingerprint density at radius 2 is 1.89 bits per heavy atom.